The van der Waals surface area contributed by atoms with Crippen molar-refractivity contribution in [3.63, 3.8) is 0 Å². The molecule has 0 saturated carbocycles. The van der Waals surface area contributed by atoms with Crippen molar-refractivity contribution in [3.05, 3.63) is 29.3 Å². The van der Waals surface area contributed by atoms with Gasteiger partial charge in [-0.3, -0.25) is 0 Å². The topological polar surface area (TPSA) is 61.9 Å². The van der Waals surface area contributed by atoms with Crippen LogP contribution in [0.15, 0.2) is 23.4 Å². The Labute approximate surface area is 102 Å². The van der Waals surface area contributed by atoms with Gasteiger partial charge in [-0.05, 0) is 30.9 Å². The molecule has 17 heavy (non-hydrogen) atoms. The Morgan fingerprint density at radius 2 is 2.29 bits per heavy atom. The van der Waals surface area contributed by atoms with Crippen LogP contribution in [0, 0.1) is 12.8 Å². The minimum absolute atomic E-state index is 0.184. The first-order valence-electron chi connectivity index (χ1n) is 5.96. The molecule has 1 aliphatic heterocycles. The Morgan fingerprint density at radius 3 is 2.88 bits per heavy atom. The second-order valence-corrected chi connectivity index (χ2v) is 4.80. The van der Waals surface area contributed by atoms with Gasteiger partial charge in [-0.1, -0.05) is 24.2 Å². The van der Waals surface area contributed by atoms with Gasteiger partial charge < -0.3 is 15.8 Å². The normalized spacial score (nSPS) is 20.9. The Morgan fingerprint density at radius 1 is 1.53 bits per heavy atom. The highest BCUT2D eigenvalue weighted by atomic mass is 16.4. The maximum atomic E-state index is 8.84. The molecule has 4 heteroatoms. The number of rotatable bonds is 2. The molecule has 3 N–H and O–H groups in total. The molecule has 1 atom stereocenters. The van der Waals surface area contributed by atoms with E-state index >= 15 is 0 Å². The molecule has 1 aromatic carbocycles. The van der Waals surface area contributed by atoms with Crippen LogP contribution >= 0.6 is 0 Å². The van der Waals surface area contributed by atoms with Crippen molar-refractivity contribution in [2.75, 3.05) is 18.0 Å². The second kappa shape index (κ2) is 4.65. The molecule has 0 aromatic heterocycles. The summed E-state index contributed by atoms with van der Waals surface area (Å²) in [6.45, 7) is 6.39. The minimum atomic E-state index is 0.184. The molecule has 2 rings (SSSR count). The van der Waals surface area contributed by atoms with Gasteiger partial charge in [-0.15, -0.1) is 0 Å². The fourth-order valence-electron chi connectivity index (χ4n) is 2.48. The summed E-state index contributed by atoms with van der Waals surface area (Å²) in [7, 11) is 0. The Kier molecular flexibility index (Phi) is 3.22. The van der Waals surface area contributed by atoms with E-state index in [0.29, 0.717) is 5.92 Å². The number of nitrogens with two attached hydrogens (primary N) is 1. The van der Waals surface area contributed by atoms with E-state index < -0.39 is 0 Å². The zero-order valence-corrected chi connectivity index (χ0v) is 10.3. The first-order valence-corrected chi connectivity index (χ1v) is 5.96. The third-order valence-corrected chi connectivity index (χ3v) is 3.36. The maximum Gasteiger partial charge on any atom is 0.172 e. The van der Waals surface area contributed by atoms with Crippen LogP contribution in [0.2, 0.25) is 0 Å². The first-order chi connectivity index (χ1) is 8.13. The quantitative estimate of drug-likeness (QED) is 0.355. The van der Waals surface area contributed by atoms with Gasteiger partial charge in [0.1, 0.15) is 0 Å². The van der Waals surface area contributed by atoms with E-state index in [-0.39, 0.29) is 5.84 Å². The molecule has 4 nitrogen and oxygen atoms in total. The molecular formula is C13H19N3O. The van der Waals surface area contributed by atoms with Crippen LogP contribution in [-0.4, -0.2) is 24.1 Å². The van der Waals surface area contributed by atoms with Crippen molar-refractivity contribution < 1.29 is 5.21 Å². The number of aryl methyl sites for hydroxylation is 1. The van der Waals surface area contributed by atoms with E-state index in [2.05, 4.69) is 30.0 Å². The van der Waals surface area contributed by atoms with E-state index in [1.165, 1.54) is 12.0 Å². The van der Waals surface area contributed by atoms with Crippen molar-refractivity contribution in [2.24, 2.45) is 16.8 Å². The third-order valence-electron chi connectivity index (χ3n) is 3.36. The lowest BCUT2D eigenvalue weighted by atomic mass is 10.1. The van der Waals surface area contributed by atoms with Crippen LogP contribution in [0.3, 0.4) is 0 Å². The van der Waals surface area contributed by atoms with Crippen LogP contribution in [0.1, 0.15) is 24.5 Å². The van der Waals surface area contributed by atoms with E-state index in [9.17, 15) is 0 Å². The number of nitrogens with zero attached hydrogens (tertiary/aromatic N) is 2. The number of para-hydroxylation sites is 1. The molecule has 1 saturated heterocycles. The molecule has 0 aliphatic carbocycles. The van der Waals surface area contributed by atoms with Crippen LogP contribution in [0.4, 0.5) is 5.69 Å². The summed E-state index contributed by atoms with van der Waals surface area (Å²) in [6.07, 6.45) is 1.20. The highest BCUT2D eigenvalue weighted by Gasteiger charge is 2.23. The van der Waals surface area contributed by atoms with Crippen LogP contribution in [0.25, 0.3) is 0 Å². The van der Waals surface area contributed by atoms with Gasteiger partial charge in [0.25, 0.3) is 0 Å². The summed E-state index contributed by atoms with van der Waals surface area (Å²) in [5.74, 6) is 0.887. The SMILES string of the molecule is Cc1cccc(/C(N)=N/O)c1N1CCC(C)C1. The molecule has 1 aromatic rings. The maximum absolute atomic E-state index is 8.84. The van der Waals surface area contributed by atoms with Crippen LogP contribution in [0.5, 0.6) is 0 Å². The molecule has 92 valence electrons. The third kappa shape index (κ3) is 2.20. The number of benzene rings is 1. The van der Waals surface area contributed by atoms with Gasteiger partial charge in [0.15, 0.2) is 5.84 Å². The van der Waals surface area contributed by atoms with E-state index in [1.807, 2.05) is 12.1 Å². The Balaban J connectivity index is 2.44. The fourth-order valence-corrected chi connectivity index (χ4v) is 2.48. The Bertz CT molecular complexity index is 442. The minimum Gasteiger partial charge on any atom is -0.409 e. The molecule has 0 amide bonds. The van der Waals surface area contributed by atoms with Gasteiger partial charge in [0.2, 0.25) is 0 Å². The molecule has 0 spiro atoms. The number of hydrogen-bond donors (Lipinski definition) is 2. The number of amidine groups is 1. The van der Waals surface area contributed by atoms with E-state index in [0.717, 1.165) is 24.3 Å². The molecule has 1 unspecified atom stereocenters. The summed E-state index contributed by atoms with van der Waals surface area (Å²) < 4.78 is 0. The predicted octanol–water partition coefficient (Wildman–Crippen LogP) is 1.94. The van der Waals surface area contributed by atoms with Crippen molar-refractivity contribution in [1.29, 1.82) is 0 Å². The Hall–Kier alpha value is -1.71. The number of oxime groups is 1. The first kappa shape index (κ1) is 11.8. The average molecular weight is 233 g/mol. The molecule has 1 aliphatic rings. The van der Waals surface area contributed by atoms with Crippen molar-refractivity contribution in [3.8, 4) is 0 Å². The standard InChI is InChI=1S/C13H19N3O/c1-9-6-7-16(8-9)12-10(2)4-3-5-11(12)13(14)15-17/h3-5,9,17H,6-8H2,1-2H3,(H2,14,15). The molecular weight excluding hydrogens is 214 g/mol. The lowest BCUT2D eigenvalue weighted by molar-refractivity contribution is 0.318. The largest absolute Gasteiger partial charge is 0.409 e. The monoisotopic (exact) mass is 233 g/mol. The molecule has 0 radical (unpaired) electrons. The van der Waals surface area contributed by atoms with Crippen molar-refractivity contribution >= 4 is 11.5 Å². The van der Waals surface area contributed by atoms with Gasteiger partial charge in [-0.2, -0.15) is 0 Å². The van der Waals surface area contributed by atoms with E-state index in [4.69, 9.17) is 10.9 Å². The summed E-state index contributed by atoms with van der Waals surface area (Å²) in [4.78, 5) is 2.33. The summed E-state index contributed by atoms with van der Waals surface area (Å²) in [5, 5.41) is 12.0. The van der Waals surface area contributed by atoms with Crippen molar-refractivity contribution in [2.45, 2.75) is 20.3 Å². The molecule has 1 heterocycles. The summed E-state index contributed by atoms with van der Waals surface area (Å²) in [5.41, 5.74) is 8.83. The lowest BCUT2D eigenvalue weighted by Gasteiger charge is -2.23. The summed E-state index contributed by atoms with van der Waals surface area (Å²) >= 11 is 0. The van der Waals surface area contributed by atoms with Crippen LogP contribution < -0.4 is 10.6 Å². The highest BCUT2D eigenvalue weighted by molar-refractivity contribution is 6.02. The van der Waals surface area contributed by atoms with E-state index in [1.54, 1.807) is 0 Å². The average Bonchev–Trinajstić information content (AvgIpc) is 2.74. The van der Waals surface area contributed by atoms with Gasteiger partial charge in [0.05, 0.1) is 5.69 Å². The van der Waals surface area contributed by atoms with Crippen LogP contribution in [-0.2, 0) is 0 Å². The van der Waals surface area contributed by atoms with Gasteiger partial charge in [0, 0.05) is 18.7 Å². The zero-order chi connectivity index (χ0) is 12.4. The number of hydrogen-bond acceptors (Lipinski definition) is 3. The number of anilines is 1. The molecule has 1 fully saturated rings. The van der Waals surface area contributed by atoms with Gasteiger partial charge in [-0.25, -0.2) is 0 Å². The van der Waals surface area contributed by atoms with Gasteiger partial charge >= 0.3 is 0 Å². The summed E-state index contributed by atoms with van der Waals surface area (Å²) in [6, 6.07) is 5.90. The predicted molar refractivity (Wildman–Crippen MR) is 69.7 cm³/mol. The molecule has 0 bridgehead atoms. The fraction of sp³-hybridized carbons (Fsp3) is 0.462. The highest BCUT2D eigenvalue weighted by Crippen LogP contribution is 2.30. The zero-order valence-electron chi connectivity index (χ0n) is 10.3. The smallest absolute Gasteiger partial charge is 0.172 e. The van der Waals surface area contributed by atoms with Crippen molar-refractivity contribution in [1.82, 2.24) is 0 Å². The lowest BCUT2D eigenvalue weighted by Crippen LogP contribution is -2.25. The second-order valence-electron chi connectivity index (χ2n) is 4.80.